The summed E-state index contributed by atoms with van der Waals surface area (Å²) >= 11 is 0. The Morgan fingerprint density at radius 3 is 2.88 bits per heavy atom. The van der Waals surface area contributed by atoms with Crippen molar-refractivity contribution in [2.75, 3.05) is 31.1 Å². The van der Waals surface area contributed by atoms with Gasteiger partial charge in [0.2, 0.25) is 0 Å². The third-order valence-electron chi connectivity index (χ3n) is 3.35. The highest BCUT2D eigenvalue weighted by atomic mass is 15.2. The Hall–Kier alpha value is -1.02. The zero-order chi connectivity index (χ0) is 11.4. The Labute approximate surface area is 98.7 Å². The van der Waals surface area contributed by atoms with Gasteiger partial charge in [0, 0.05) is 25.3 Å². The van der Waals surface area contributed by atoms with Crippen LogP contribution in [0.15, 0.2) is 18.2 Å². The molecule has 1 aliphatic heterocycles. The minimum Gasteiger partial charge on any atom is -0.370 e. The molecule has 0 saturated carbocycles. The molecule has 1 fully saturated rings. The van der Waals surface area contributed by atoms with E-state index in [0.29, 0.717) is 0 Å². The highest BCUT2D eigenvalue weighted by Gasteiger charge is 2.11. The Morgan fingerprint density at radius 2 is 2.12 bits per heavy atom. The van der Waals surface area contributed by atoms with Gasteiger partial charge in [-0.3, -0.25) is 0 Å². The summed E-state index contributed by atoms with van der Waals surface area (Å²) in [5, 5.41) is 3.45. The Kier molecular flexibility index (Phi) is 3.83. The number of rotatable bonds is 2. The van der Waals surface area contributed by atoms with Crippen LogP contribution in [0.5, 0.6) is 0 Å². The number of nitrogens with zero attached hydrogens (tertiary/aromatic N) is 1. The number of nitrogens with one attached hydrogen (secondary N) is 1. The SMILES string of the molecule is CCc1ccc(N2CCCNCC2)c(C)c1. The van der Waals surface area contributed by atoms with Gasteiger partial charge in [0.25, 0.3) is 0 Å². The number of aryl methyl sites for hydroxylation is 2. The zero-order valence-corrected chi connectivity index (χ0v) is 10.4. The van der Waals surface area contributed by atoms with Crippen molar-refractivity contribution in [2.24, 2.45) is 0 Å². The van der Waals surface area contributed by atoms with Gasteiger partial charge in [-0.2, -0.15) is 0 Å². The average molecular weight is 218 g/mol. The highest BCUT2D eigenvalue weighted by Crippen LogP contribution is 2.22. The molecule has 0 atom stereocenters. The molecule has 2 rings (SSSR count). The van der Waals surface area contributed by atoms with E-state index in [2.05, 4.69) is 42.3 Å². The van der Waals surface area contributed by atoms with Crippen LogP contribution >= 0.6 is 0 Å². The first-order chi connectivity index (χ1) is 7.81. The lowest BCUT2D eigenvalue weighted by Crippen LogP contribution is -2.28. The van der Waals surface area contributed by atoms with Gasteiger partial charge in [0.05, 0.1) is 0 Å². The molecule has 1 N–H and O–H groups in total. The number of hydrogen-bond donors (Lipinski definition) is 1. The monoisotopic (exact) mass is 218 g/mol. The van der Waals surface area contributed by atoms with Crippen LogP contribution in [0.1, 0.15) is 24.5 Å². The molecule has 0 bridgehead atoms. The molecule has 0 radical (unpaired) electrons. The van der Waals surface area contributed by atoms with Gasteiger partial charge in [0.1, 0.15) is 0 Å². The Balaban J connectivity index is 2.18. The molecule has 1 aromatic carbocycles. The maximum absolute atomic E-state index is 3.45. The zero-order valence-electron chi connectivity index (χ0n) is 10.4. The third kappa shape index (κ3) is 2.56. The van der Waals surface area contributed by atoms with E-state index in [1.165, 1.54) is 29.8 Å². The van der Waals surface area contributed by atoms with Crippen LogP contribution in [-0.4, -0.2) is 26.2 Å². The second-order valence-electron chi connectivity index (χ2n) is 4.56. The van der Waals surface area contributed by atoms with Crippen LogP contribution in [0, 0.1) is 6.92 Å². The van der Waals surface area contributed by atoms with Crippen molar-refractivity contribution in [3.8, 4) is 0 Å². The molecule has 0 spiro atoms. The second kappa shape index (κ2) is 5.35. The van der Waals surface area contributed by atoms with Crippen molar-refractivity contribution in [1.29, 1.82) is 0 Å². The van der Waals surface area contributed by atoms with Crippen LogP contribution in [0.25, 0.3) is 0 Å². The van der Waals surface area contributed by atoms with Crippen molar-refractivity contribution in [1.82, 2.24) is 5.32 Å². The summed E-state index contributed by atoms with van der Waals surface area (Å²) in [5.74, 6) is 0. The molecule has 0 amide bonds. The fourth-order valence-corrected chi connectivity index (χ4v) is 2.38. The molecule has 1 aromatic rings. The van der Waals surface area contributed by atoms with Crippen LogP contribution in [0.4, 0.5) is 5.69 Å². The van der Waals surface area contributed by atoms with E-state index in [4.69, 9.17) is 0 Å². The molecule has 0 aromatic heterocycles. The van der Waals surface area contributed by atoms with E-state index < -0.39 is 0 Å². The highest BCUT2D eigenvalue weighted by molar-refractivity contribution is 5.54. The van der Waals surface area contributed by atoms with E-state index in [0.717, 1.165) is 26.1 Å². The largest absolute Gasteiger partial charge is 0.370 e. The summed E-state index contributed by atoms with van der Waals surface area (Å²) < 4.78 is 0. The maximum Gasteiger partial charge on any atom is 0.0396 e. The molecule has 16 heavy (non-hydrogen) atoms. The third-order valence-corrected chi connectivity index (χ3v) is 3.35. The minimum atomic E-state index is 1.11. The topological polar surface area (TPSA) is 15.3 Å². The quantitative estimate of drug-likeness (QED) is 0.820. The standard InChI is InChI=1S/C14H22N2/c1-3-13-5-6-14(12(2)11-13)16-9-4-7-15-8-10-16/h5-6,11,15H,3-4,7-10H2,1-2H3. The smallest absolute Gasteiger partial charge is 0.0396 e. The first-order valence-corrected chi connectivity index (χ1v) is 6.36. The molecule has 88 valence electrons. The van der Waals surface area contributed by atoms with Crippen LogP contribution in [0.2, 0.25) is 0 Å². The summed E-state index contributed by atoms with van der Waals surface area (Å²) in [6.07, 6.45) is 2.37. The van der Waals surface area contributed by atoms with Gasteiger partial charge >= 0.3 is 0 Å². The van der Waals surface area contributed by atoms with Gasteiger partial charge < -0.3 is 10.2 Å². The maximum atomic E-state index is 3.45. The van der Waals surface area contributed by atoms with Crippen LogP contribution in [0.3, 0.4) is 0 Å². The minimum absolute atomic E-state index is 1.11. The van der Waals surface area contributed by atoms with Crippen molar-refractivity contribution in [2.45, 2.75) is 26.7 Å². The van der Waals surface area contributed by atoms with Crippen molar-refractivity contribution < 1.29 is 0 Å². The van der Waals surface area contributed by atoms with E-state index >= 15 is 0 Å². The molecular formula is C14H22N2. The fourth-order valence-electron chi connectivity index (χ4n) is 2.38. The molecule has 1 aliphatic rings. The Bertz CT molecular complexity index is 339. The van der Waals surface area contributed by atoms with Crippen molar-refractivity contribution in [3.05, 3.63) is 29.3 Å². The van der Waals surface area contributed by atoms with E-state index in [9.17, 15) is 0 Å². The summed E-state index contributed by atoms with van der Waals surface area (Å²) in [6.45, 7) is 9.01. The predicted octanol–water partition coefficient (Wildman–Crippen LogP) is 2.36. The second-order valence-corrected chi connectivity index (χ2v) is 4.56. The summed E-state index contributed by atoms with van der Waals surface area (Å²) in [7, 11) is 0. The first kappa shape index (κ1) is 11.5. The van der Waals surface area contributed by atoms with Crippen molar-refractivity contribution >= 4 is 5.69 Å². The van der Waals surface area contributed by atoms with E-state index in [-0.39, 0.29) is 0 Å². The van der Waals surface area contributed by atoms with Crippen molar-refractivity contribution in [3.63, 3.8) is 0 Å². The molecular weight excluding hydrogens is 196 g/mol. The number of benzene rings is 1. The van der Waals surface area contributed by atoms with Gasteiger partial charge in [0.15, 0.2) is 0 Å². The molecule has 1 heterocycles. The summed E-state index contributed by atoms with van der Waals surface area (Å²) in [6, 6.07) is 6.88. The normalized spacial score (nSPS) is 17.2. The molecule has 0 unspecified atom stereocenters. The molecule has 1 saturated heterocycles. The number of anilines is 1. The van der Waals surface area contributed by atoms with Gasteiger partial charge in [-0.25, -0.2) is 0 Å². The lowest BCUT2D eigenvalue weighted by Gasteiger charge is -2.24. The van der Waals surface area contributed by atoms with E-state index in [1.54, 1.807) is 0 Å². The van der Waals surface area contributed by atoms with Gasteiger partial charge in [-0.1, -0.05) is 19.1 Å². The lowest BCUT2D eigenvalue weighted by molar-refractivity contribution is 0.724. The summed E-state index contributed by atoms with van der Waals surface area (Å²) in [5.41, 5.74) is 4.27. The van der Waals surface area contributed by atoms with Gasteiger partial charge in [-0.15, -0.1) is 0 Å². The first-order valence-electron chi connectivity index (χ1n) is 6.36. The number of hydrogen-bond acceptors (Lipinski definition) is 2. The molecule has 2 heteroatoms. The van der Waals surface area contributed by atoms with Gasteiger partial charge in [-0.05, 0) is 43.5 Å². The predicted molar refractivity (Wildman–Crippen MR) is 70.3 cm³/mol. The van der Waals surface area contributed by atoms with E-state index in [1.807, 2.05) is 0 Å². The van der Waals surface area contributed by atoms with Crippen LogP contribution < -0.4 is 10.2 Å². The lowest BCUT2D eigenvalue weighted by atomic mass is 10.1. The summed E-state index contributed by atoms with van der Waals surface area (Å²) in [4.78, 5) is 2.51. The van der Waals surface area contributed by atoms with Crippen LogP contribution in [-0.2, 0) is 6.42 Å². The molecule has 0 aliphatic carbocycles. The average Bonchev–Trinajstić information content (AvgIpc) is 2.57. The Morgan fingerprint density at radius 1 is 1.25 bits per heavy atom. The fraction of sp³-hybridized carbons (Fsp3) is 0.571. The molecule has 2 nitrogen and oxygen atoms in total.